The minimum absolute atomic E-state index is 0.0455. The monoisotopic (exact) mass is 538 g/mol. The van der Waals surface area contributed by atoms with Crippen LogP contribution in [-0.2, 0) is 21.4 Å². The highest BCUT2D eigenvalue weighted by molar-refractivity contribution is 6.02. The molecule has 0 radical (unpaired) electrons. The molecule has 39 heavy (non-hydrogen) atoms. The van der Waals surface area contributed by atoms with Crippen molar-refractivity contribution in [1.82, 2.24) is 20.4 Å². The number of amides is 3. The average molecular weight is 539 g/mol. The number of fused-ring (bicyclic) bond motifs is 1. The van der Waals surface area contributed by atoms with Gasteiger partial charge in [0.15, 0.2) is 17.6 Å². The van der Waals surface area contributed by atoms with Crippen LogP contribution >= 0.6 is 0 Å². The summed E-state index contributed by atoms with van der Waals surface area (Å²) in [6.45, 7) is 4.10. The van der Waals surface area contributed by atoms with Gasteiger partial charge in [-0.25, -0.2) is 9.98 Å². The van der Waals surface area contributed by atoms with Crippen LogP contribution in [0, 0.1) is 0 Å². The molecule has 1 spiro atoms. The smallest absolute Gasteiger partial charge is 0.252 e. The van der Waals surface area contributed by atoms with Gasteiger partial charge in [0.05, 0.1) is 12.6 Å². The summed E-state index contributed by atoms with van der Waals surface area (Å²) in [5.41, 5.74) is 13.1. The third kappa shape index (κ3) is 3.55. The van der Waals surface area contributed by atoms with E-state index in [2.05, 4.69) is 34.5 Å². The Balaban J connectivity index is 1.32. The van der Waals surface area contributed by atoms with E-state index < -0.39 is 35.5 Å². The molecule has 0 bridgehead atoms. The summed E-state index contributed by atoms with van der Waals surface area (Å²) in [5, 5.41) is 29.1. The van der Waals surface area contributed by atoms with Gasteiger partial charge in [0.2, 0.25) is 17.6 Å². The van der Waals surface area contributed by atoms with Gasteiger partial charge in [0.1, 0.15) is 12.1 Å². The van der Waals surface area contributed by atoms with Gasteiger partial charge in [-0.3, -0.25) is 19.3 Å². The van der Waals surface area contributed by atoms with Gasteiger partial charge in [-0.2, -0.15) is 0 Å². The SMILES string of the molecule is CC1(C)CCCc2c(C(=O)NC3CN4C(N)=N[C@@H](CN5C(=O)CCC5=O)[C@@H]5N=C(N)NC54C3(O)O)cccc21. The molecule has 4 heterocycles. The van der Waals surface area contributed by atoms with Gasteiger partial charge in [-0.15, -0.1) is 0 Å². The second-order valence-corrected chi connectivity index (χ2v) is 11.7. The van der Waals surface area contributed by atoms with Crippen molar-refractivity contribution < 1.29 is 24.6 Å². The van der Waals surface area contributed by atoms with Gasteiger partial charge in [-0.05, 0) is 41.9 Å². The van der Waals surface area contributed by atoms with E-state index in [9.17, 15) is 24.6 Å². The van der Waals surface area contributed by atoms with E-state index >= 15 is 0 Å². The molecule has 0 saturated carbocycles. The number of likely N-dealkylation sites (tertiary alicyclic amines) is 1. The maximum Gasteiger partial charge on any atom is 0.252 e. The van der Waals surface area contributed by atoms with Gasteiger partial charge in [0.25, 0.3) is 5.91 Å². The largest absolute Gasteiger partial charge is 0.370 e. The lowest BCUT2D eigenvalue weighted by atomic mass is 9.71. The lowest BCUT2D eigenvalue weighted by molar-refractivity contribution is -0.230. The Kier molecular flexibility index (Phi) is 5.50. The molecule has 5 aliphatic rings. The first-order chi connectivity index (χ1) is 18.4. The van der Waals surface area contributed by atoms with E-state index in [1.807, 2.05) is 12.1 Å². The van der Waals surface area contributed by atoms with Gasteiger partial charge >= 0.3 is 0 Å². The van der Waals surface area contributed by atoms with Crippen LogP contribution in [0.4, 0.5) is 0 Å². The predicted octanol–water partition coefficient (Wildman–Crippen LogP) is -1.78. The summed E-state index contributed by atoms with van der Waals surface area (Å²) in [5.74, 6) is -3.82. The second-order valence-electron chi connectivity index (χ2n) is 11.7. The highest BCUT2D eigenvalue weighted by atomic mass is 16.5. The fourth-order valence-corrected chi connectivity index (χ4v) is 7.03. The molecular formula is C26H34N8O5. The van der Waals surface area contributed by atoms with Crippen molar-refractivity contribution in [2.45, 2.75) is 80.9 Å². The molecule has 2 unspecified atom stereocenters. The van der Waals surface area contributed by atoms with E-state index in [4.69, 9.17) is 11.5 Å². The van der Waals surface area contributed by atoms with Crippen LogP contribution in [0.15, 0.2) is 28.2 Å². The van der Waals surface area contributed by atoms with Crippen molar-refractivity contribution >= 4 is 29.6 Å². The Morgan fingerprint density at radius 1 is 1.15 bits per heavy atom. The molecule has 8 N–H and O–H groups in total. The molecule has 13 heteroatoms. The third-order valence-corrected chi connectivity index (χ3v) is 9.01. The Labute approximate surface area is 225 Å². The summed E-state index contributed by atoms with van der Waals surface area (Å²) in [7, 11) is 0. The molecule has 2 fully saturated rings. The zero-order valence-corrected chi connectivity index (χ0v) is 22.0. The van der Waals surface area contributed by atoms with Crippen molar-refractivity contribution in [1.29, 1.82) is 0 Å². The first-order valence-electron chi connectivity index (χ1n) is 13.3. The van der Waals surface area contributed by atoms with Crippen LogP contribution in [0.5, 0.6) is 0 Å². The number of rotatable bonds is 4. The number of hydrogen-bond donors (Lipinski definition) is 6. The van der Waals surface area contributed by atoms with Crippen LogP contribution in [-0.4, -0.2) is 92.3 Å². The van der Waals surface area contributed by atoms with Gasteiger partial charge in [-0.1, -0.05) is 26.0 Å². The van der Waals surface area contributed by atoms with Crippen LogP contribution < -0.4 is 22.1 Å². The van der Waals surface area contributed by atoms with E-state index in [0.717, 1.165) is 35.3 Å². The Morgan fingerprint density at radius 3 is 2.59 bits per heavy atom. The number of aliphatic hydroxyl groups is 2. The quantitative estimate of drug-likeness (QED) is 0.190. The zero-order valence-electron chi connectivity index (χ0n) is 22.0. The lowest BCUT2D eigenvalue weighted by Gasteiger charge is -2.49. The first-order valence-corrected chi connectivity index (χ1v) is 13.3. The Hall–Kier alpha value is -3.71. The Bertz CT molecular complexity index is 1320. The van der Waals surface area contributed by atoms with Crippen molar-refractivity contribution in [3.05, 3.63) is 34.9 Å². The molecular weight excluding hydrogens is 504 g/mol. The highest BCUT2D eigenvalue weighted by Gasteiger charge is 2.73. The summed E-state index contributed by atoms with van der Waals surface area (Å²) >= 11 is 0. The van der Waals surface area contributed by atoms with E-state index in [1.54, 1.807) is 6.07 Å². The van der Waals surface area contributed by atoms with E-state index in [0.29, 0.717) is 5.56 Å². The van der Waals surface area contributed by atoms with E-state index in [1.165, 1.54) is 4.90 Å². The molecule has 2 saturated heterocycles. The number of aliphatic imine (C=N–C) groups is 2. The molecule has 1 aliphatic carbocycles. The molecule has 1 aromatic rings. The number of carbonyl (C=O) groups excluding carboxylic acids is 3. The summed E-state index contributed by atoms with van der Waals surface area (Å²) in [4.78, 5) is 49.6. The fourth-order valence-electron chi connectivity index (χ4n) is 7.03. The number of benzene rings is 1. The number of imide groups is 1. The van der Waals surface area contributed by atoms with Crippen molar-refractivity contribution in [3.63, 3.8) is 0 Å². The zero-order chi connectivity index (χ0) is 27.9. The van der Waals surface area contributed by atoms with Crippen molar-refractivity contribution in [2.24, 2.45) is 21.5 Å². The molecule has 3 amide bonds. The Morgan fingerprint density at radius 2 is 1.87 bits per heavy atom. The summed E-state index contributed by atoms with van der Waals surface area (Å²) < 4.78 is 0. The van der Waals surface area contributed by atoms with Crippen LogP contribution in [0.3, 0.4) is 0 Å². The number of hydrogen-bond acceptors (Lipinski definition) is 11. The molecule has 208 valence electrons. The summed E-state index contributed by atoms with van der Waals surface area (Å²) in [6.07, 6.45) is 2.94. The maximum atomic E-state index is 13.6. The number of nitrogens with two attached hydrogens (primary N) is 2. The normalized spacial score (nSPS) is 32.2. The topological polar surface area (TPSA) is 199 Å². The number of nitrogens with one attached hydrogen (secondary N) is 2. The van der Waals surface area contributed by atoms with Crippen molar-refractivity contribution in [2.75, 3.05) is 13.1 Å². The molecule has 13 nitrogen and oxygen atoms in total. The number of nitrogens with zero attached hydrogens (tertiary/aromatic N) is 4. The fraction of sp³-hybridized carbons (Fsp3) is 0.577. The summed E-state index contributed by atoms with van der Waals surface area (Å²) in [6, 6.07) is 2.56. The minimum Gasteiger partial charge on any atom is -0.370 e. The molecule has 4 aliphatic heterocycles. The molecule has 1 aromatic carbocycles. The number of guanidine groups is 2. The highest BCUT2D eigenvalue weighted by Crippen LogP contribution is 2.45. The van der Waals surface area contributed by atoms with Gasteiger partial charge < -0.3 is 37.2 Å². The standard InChI is InChI=1S/C26H34N8O5/c1-24(2)10-4-6-13-14(5-3-7-15(13)24)21(37)30-17-12-34-23(28)29-16(11-33-18(35)8-9-19(33)36)20-25(34,26(17,38)39)32-22(27)31-20/h3,5,7,16-17,20,38-39H,4,6,8-12H2,1-2H3,(H2,28,29)(H,30,37)(H3,27,31,32)/t16-,17?,20-,25?/m0/s1. The average Bonchev–Trinajstić information content (AvgIpc) is 3.46. The lowest BCUT2D eigenvalue weighted by Crippen LogP contribution is -2.78. The molecule has 6 rings (SSSR count). The van der Waals surface area contributed by atoms with Crippen LogP contribution in [0.2, 0.25) is 0 Å². The van der Waals surface area contributed by atoms with Crippen LogP contribution in [0.25, 0.3) is 0 Å². The second kappa shape index (κ2) is 8.39. The minimum atomic E-state index is -2.61. The third-order valence-electron chi connectivity index (χ3n) is 9.01. The molecule has 4 atom stereocenters. The predicted molar refractivity (Wildman–Crippen MR) is 140 cm³/mol. The molecule has 0 aromatic heterocycles. The van der Waals surface area contributed by atoms with Crippen molar-refractivity contribution in [3.8, 4) is 0 Å². The number of carbonyl (C=O) groups is 3. The van der Waals surface area contributed by atoms with E-state index in [-0.39, 0.29) is 55.1 Å². The van der Waals surface area contributed by atoms with Gasteiger partial charge in [0, 0.05) is 24.9 Å². The van der Waals surface area contributed by atoms with Crippen LogP contribution in [0.1, 0.15) is 61.0 Å². The maximum absolute atomic E-state index is 13.6. The first kappa shape index (κ1) is 25.6.